The van der Waals surface area contributed by atoms with Crippen LogP contribution in [0.25, 0.3) is 0 Å². The number of alkyl halides is 6. The summed E-state index contributed by atoms with van der Waals surface area (Å²) in [5.74, 6) is -7.51. The number of carbonyl (C=O) groups is 2. The summed E-state index contributed by atoms with van der Waals surface area (Å²) in [5.41, 5.74) is 0. The minimum atomic E-state index is -5.78. The lowest BCUT2D eigenvalue weighted by molar-refractivity contribution is -0.277. The van der Waals surface area contributed by atoms with E-state index < -0.39 is 36.7 Å². The third-order valence-corrected chi connectivity index (χ3v) is 1.95. The molecule has 0 saturated heterocycles. The van der Waals surface area contributed by atoms with Gasteiger partial charge in [-0.2, -0.15) is 26.3 Å². The van der Waals surface area contributed by atoms with Gasteiger partial charge in [0.2, 0.25) is 11.8 Å². The maximum absolute atomic E-state index is 12.2. The fourth-order valence-electron chi connectivity index (χ4n) is 1.16. The smallest absolute Gasteiger partial charge is 0.409 e. The second kappa shape index (κ2) is 6.11. The van der Waals surface area contributed by atoms with Crippen molar-refractivity contribution in [2.75, 3.05) is 20.2 Å². The van der Waals surface area contributed by atoms with Crippen LogP contribution in [0.1, 0.15) is 6.92 Å². The Hall–Kier alpha value is -1.48. The molecule has 0 aromatic carbocycles. The van der Waals surface area contributed by atoms with Gasteiger partial charge in [0.1, 0.15) is 6.54 Å². The highest BCUT2D eigenvalue weighted by Gasteiger charge is 2.61. The minimum Gasteiger partial charge on any atom is -0.465 e. The van der Waals surface area contributed by atoms with E-state index in [1.165, 1.54) is 6.92 Å². The number of hydrogen-bond acceptors (Lipinski definition) is 3. The van der Waals surface area contributed by atoms with Crippen LogP contribution in [0.5, 0.6) is 0 Å². The summed E-state index contributed by atoms with van der Waals surface area (Å²) in [6, 6.07) is 0. The molecule has 0 spiro atoms. The summed E-state index contributed by atoms with van der Waals surface area (Å²) in [7, 11) is 0.656. The van der Waals surface area contributed by atoms with Crippen LogP contribution in [0.15, 0.2) is 0 Å². The molecule has 0 fully saturated rings. The number of amides is 1. The van der Waals surface area contributed by atoms with Gasteiger partial charge >= 0.3 is 18.3 Å². The van der Waals surface area contributed by atoms with E-state index in [4.69, 9.17) is 0 Å². The minimum absolute atomic E-state index is 0.0314. The fourth-order valence-corrected chi connectivity index (χ4v) is 1.16. The Kier molecular flexibility index (Phi) is 5.63. The summed E-state index contributed by atoms with van der Waals surface area (Å²) in [4.78, 5) is 22.1. The molecule has 0 unspecified atom stereocenters. The van der Waals surface area contributed by atoms with E-state index in [0.717, 1.165) is 0 Å². The standard InChI is InChI=1S/C9H11F6NO3/c1-3-19-5(17)4-16(2)7(18)6(8(10,11)12)9(13,14)15/h6H,3-4H2,1-2H3. The normalized spacial score (nSPS) is 12.5. The number of halogens is 6. The molecule has 0 heterocycles. The zero-order valence-corrected chi connectivity index (χ0v) is 9.93. The van der Waals surface area contributed by atoms with E-state index in [-0.39, 0.29) is 11.5 Å². The average Bonchev–Trinajstić information content (AvgIpc) is 2.12. The topological polar surface area (TPSA) is 46.6 Å². The predicted octanol–water partition coefficient (Wildman–Crippen LogP) is 1.75. The molecule has 10 heteroatoms. The molecular formula is C9H11F6NO3. The lowest BCUT2D eigenvalue weighted by Crippen LogP contribution is -2.49. The number of esters is 1. The number of carbonyl (C=O) groups excluding carboxylic acids is 2. The summed E-state index contributed by atoms with van der Waals surface area (Å²) in [6.45, 7) is 0.298. The summed E-state index contributed by atoms with van der Waals surface area (Å²) in [5, 5.41) is 0. The Balaban J connectivity index is 4.98. The van der Waals surface area contributed by atoms with Gasteiger partial charge in [0.05, 0.1) is 6.61 Å². The van der Waals surface area contributed by atoms with Gasteiger partial charge in [-0.15, -0.1) is 0 Å². The van der Waals surface area contributed by atoms with Crippen LogP contribution in [-0.4, -0.2) is 49.3 Å². The number of nitrogens with zero attached hydrogens (tertiary/aromatic N) is 1. The van der Waals surface area contributed by atoms with Crippen LogP contribution < -0.4 is 0 Å². The number of rotatable bonds is 4. The van der Waals surface area contributed by atoms with Crippen molar-refractivity contribution in [2.45, 2.75) is 19.3 Å². The zero-order chi connectivity index (χ0) is 15.4. The van der Waals surface area contributed by atoms with Gasteiger partial charge in [0, 0.05) is 7.05 Å². The van der Waals surface area contributed by atoms with Crippen molar-refractivity contribution in [1.82, 2.24) is 4.90 Å². The first-order valence-corrected chi connectivity index (χ1v) is 4.95. The van der Waals surface area contributed by atoms with E-state index in [0.29, 0.717) is 7.05 Å². The number of hydrogen-bond donors (Lipinski definition) is 0. The van der Waals surface area contributed by atoms with Crippen LogP contribution in [0, 0.1) is 5.92 Å². The third kappa shape index (κ3) is 5.35. The second-order valence-corrected chi connectivity index (χ2v) is 3.52. The number of ether oxygens (including phenoxy) is 1. The van der Waals surface area contributed by atoms with Crippen molar-refractivity contribution in [2.24, 2.45) is 5.92 Å². The van der Waals surface area contributed by atoms with Crippen LogP contribution in [0.4, 0.5) is 26.3 Å². The molecule has 0 bridgehead atoms. The fraction of sp³-hybridized carbons (Fsp3) is 0.778. The molecule has 0 aliphatic carbocycles. The van der Waals surface area contributed by atoms with Gasteiger partial charge in [0.25, 0.3) is 0 Å². The molecule has 1 amide bonds. The van der Waals surface area contributed by atoms with E-state index in [2.05, 4.69) is 4.74 Å². The first kappa shape index (κ1) is 17.5. The molecule has 0 aromatic heterocycles. The maximum atomic E-state index is 12.2. The van der Waals surface area contributed by atoms with E-state index >= 15 is 0 Å². The molecule has 0 aromatic rings. The Morgan fingerprint density at radius 3 is 1.84 bits per heavy atom. The summed E-state index contributed by atoms with van der Waals surface area (Å²) < 4.78 is 77.7. The molecule has 0 rings (SSSR count). The molecule has 0 N–H and O–H groups in total. The highest BCUT2D eigenvalue weighted by molar-refractivity contribution is 5.84. The van der Waals surface area contributed by atoms with Crippen LogP contribution >= 0.6 is 0 Å². The first-order valence-electron chi connectivity index (χ1n) is 4.95. The van der Waals surface area contributed by atoms with Gasteiger partial charge in [-0.3, -0.25) is 9.59 Å². The van der Waals surface area contributed by atoms with Gasteiger partial charge < -0.3 is 9.64 Å². The molecule has 0 atom stereocenters. The molecular weight excluding hydrogens is 284 g/mol. The van der Waals surface area contributed by atoms with Gasteiger partial charge in [0.15, 0.2) is 0 Å². The van der Waals surface area contributed by atoms with Crippen molar-refractivity contribution in [3.05, 3.63) is 0 Å². The van der Waals surface area contributed by atoms with Crippen LogP contribution in [0.2, 0.25) is 0 Å². The van der Waals surface area contributed by atoms with Gasteiger partial charge in [-0.1, -0.05) is 0 Å². The molecule has 0 aliphatic rings. The predicted molar refractivity (Wildman–Crippen MR) is 49.9 cm³/mol. The lowest BCUT2D eigenvalue weighted by Gasteiger charge is -2.26. The van der Waals surface area contributed by atoms with Crippen molar-refractivity contribution in [3.8, 4) is 0 Å². The molecule has 0 radical (unpaired) electrons. The molecule has 0 saturated carbocycles. The van der Waals surface area contributed by atoms with Gasteiger partial charge in [-0.25, -0.2) is 0 Å². The van der Waals surface area contributed by atoms with E-state index in [1.807, 2.05) is 0 Å². The maximum Gasteiger partial charge on any atom is 0.409 e. The molecule has 0 aliphatic heterocycles. The summed E-state index contributed by atoms with van der Waals surface area (Å²) in [6.07, 6.45) is -11.6. The van der Waals surface area contributed by atoms with Crippen molar-refractivity contribution in [3.63, 3.8) is 0 Å². The molecule has 4 nitrogen and oxygen atoms in total. The van der Waals surface area contributed by atoms with Crippen LogP contribution in [-0.2, 0) is 14.3 Å². The SMILES string of the molecule is CCOC(=O)CN(C)C(=O)C(C(F)(F)F)C(F)(F)F. The Morgan fingerprint density at radius 2 is 1.53 bits per heavy atom. The Morgan fingerprint density at radius 1 is 1.11 bits per heavy atom. The second-order valence-electron chi connectivity index (χ2n) is 3.52. The quantitative estimate of drug-likeness (QED) is 0.586. The highest BCUT2D eigenvalue weighted by Crippen LogP contribution is 2.40. The van der Waals surface area contributed by atoms with Crippen molar-refractivity contribution in [1.29, 1.82) is 0 Å². The number of likely N-dealkylation sites (N-methyl/N-ethyl adjacent to an activating group) is 1. The zero-order valence-electron chi connectivity index (χ0n) is 9.93. The first-order chi connectivity index (χ1) is 8.41. The van der Waals surface area contributed by atoms with Crippen molar-refractivity contribution < 1.29 is 40.7 Å². The summed E-state index contributed by atoms with van der Waals surface area (Å²) >= 11 is 0. The largest absolute Gasteiger partial charge is 0.465 e. The molecule has 19 heavy (non-hydrogen) atoms. The Bertz CT molecular complexity index is 324. The van der Waals surface area contributed by atoms with Crippen LogP contribution in [0.3, 0.4) is 0 Å². The van der Waals surface area contributed by atoms with Gasteiger partial charge in [-0.05, 0) is 6.92 Å². The average molecular weight is 295 g/mol. The van der Waals surface area contributed by atoms with E-state index in [1.54, 1.807) is 0 Å². The third-order valence-electron chi connectivity index (χ3n) is 1.95. The highest BCUT2D eigenvalue weighted by atomic mass is 19.4. The monoisotopic (exact) mass is 295 g/mol. The molecule has 112 valence electrons. The Labute approximate surface area is 104 Å². The van der Waals surface area contributed by atoms with Crippen molar-refractivity contribution >= 4 is 11.9 Å². The lowest BCUT2D eigenvalue weighted by atomic mass is 10.1. The van der Waals surface area contributed by atoms with E-state index in [9.17, 15) is 35.9 Å².